The molecule has 0 heterocycles. The first-order valence-corrected chi connectivity index (χ1v) is 5.98. The van der Waals surface area contributed by atoms with Crippen LogP contribution in [0.5, 0.6) is 0 Å². The van der Waals surface area contributed by atoms with Crippen molar-refractivity contribution in [1.29, 1.82) is 0 Å². The summed E-state index contributed by atoms with van der Waals surface area (Å²) in [5, 5.41) is 0. The summed E-state index contributed by atoms with van der Waals surface area (Å²) in [6.07, 6.45) is 3.50. The van der Waals surface area contributed by atoms with Gasteiger partial charge in [0.1, 0.15) is 5.82 Å². The normalized spacial score (nSPS) is 15.7. The van der Waals surface area contributed by atoms with Gasteiger partial charge in [-0.25, -0.2) is 4.39 Å². The molecule has 88 valence electrons. The summed E-state index contributed by atoms with van der Waals surface area (Å²) in [6.45, 7) is 2.66. The molecule has 1 aliphatic rings. The Labute approximate surface area is 96.2 Å². The SMILES string of the molecule is NCCN(CCc1cccc(F)c1)C1CC1. The minimum atomic E-state index is -0.144. The average Bonchev–Trinajstić information content (AvgIpc) is 3.08. The van der Waals surface area contributed by atoms with Crippen LogP contribution in [-0.4, -0.2) is 30.6 Å². The van der Waals surface area contributed by atoms with Crippen molar-refractivity contribution in [3.8, 4) is 0 Å². The smallest absolute Gasteiger partial charge is 0.123 e. The van der Waals surface area contributed by atoms with Crippen LogP contribution >= 0.6 is 0 Å². The molecule has 0 radical (unpaired) electrons. The van der Waals surface area contributed by atoms with E-state index in [9.17, 15) is 4.39 Å². The van der Waals surface area contributed by atoms with Gasteiger partial charge in [-0.2, -0.15) is 0 Å². The van der Waals surface area contributed by atoms with Crippen LogP contribution in [0.4, 0.5) is 4.39 Å². The minimum absolute atomic E-state index is 0.144. The second kappa shape index (κ2) is 5.41. The highest BCUT2D eigenvalue weighted by atomic mass is 19.1. The second-order valence-corrected chi connectivity index (χ2v) is 4.44. The van der Waals surface area contributed by atoms with Crippen LogP contribution in [-0.2, 0) is 6.42 Å². The molecule has 0 aromatic heterocycles. The quantitative estimate of drug-likeness (QED) is 0.795. The predicted molar refractivity (Wildman–Crippen MR) is 63.8 cm³/mol. The van der Waals surface area contributed by atoms with E-state index in [-0.39, 0.29) is 5.82 Å². The van der Waals surface area contributed by atoms with Gasteiger partial charge in [-0.1, -0.05) is 12.1 Å². The van der Waals surface area contributed by atoms with Gasteiger partial charge >= 0.3 is 0 Å². The van der Waals surface area contributed by atoms with E-state index in [0.717, 1.165) is 31.1 Å². The highest BCUT2D eigenvalue weighted by Gasteiger charge is 2.27. The van der Waals surface area contributed by atoms with E-state index in [1.54, 1.807) is 12.1 Å². The van der Waals surface area contributed by atoms with E-state index >= 15 is 0 Å². The Kier molecular flexibility index (Phi) is 3.91. The topological polar surface area (TPSA) is 29.3 Å². The molecule has 1 saturated carbocycles. The summed E-state index contributed by atoms with van der Waals surface area (Å²) in [5.74, 6) is -0.144. The standard InChI is InChI=1S/C13H19FN2/c14-12-3-1-2-11(10-12)6-8-16(9-7-15)13-4-5-13/h1-3,10,13H,4-9,15H2. The van der Waals surface area contributed by atoms with E-state index in [4.69, 9.17) is 5.73 Å². The molecule has 3 heteroatoms. The largest absolute Gasteiger partial charge is 0.329 e. The lowest BCUT2D eigenvalue weighted by molar-refractivity contribution is 0.274. The molecular formula is C13H19FN2. The predicted octanol–water partition coefficient (Wildman–Crippen LogP) is 1.79. The van der Waals surface area contributed by atoms with Crippen LogP contribution < -0.4 is 5.73 Å². The highest BCUT2D eigenvalue weighted by Crippen LogP contribution is 2.26. The van der Waals surface area contributed by atoms with Crippen molar-refractivity contribution in [1.82, 2.24) is 4.90 Å². The summed E-state index contributed by atoms with van der Waals surface area (Å²) >= 11 is 0. The first kappa shape index (κ1) is 11.6. The summed E-state index contributed by atoms with van der Waals surface area (Å²) in [6, 6.07) is 7.60. The fourth-order valence-electron chi connectivity index (χ4n) is 2.05. The molecule has 0 atom stereocenters. The van der Waals surface area contributed by atoms with Crippen LogP contribution in [0.15, 0.2) is 24.3 Å². The van der Waals surface area contributed by atoms with Crippen LogP contribution in [0.2, 0.25) is 0 Å². The Hall–Kier alpha value is -0.930. The van der Waals surface area contributed by atoms with Crippen LogP contribution in [0.25, 0.3) is 0 Å². The molecule has 1 aliphatic carbocycles. The average molecular weight is 222 g/mol. The molecule has 16 heavy (non-hydrogen) atoms. The number of halogens is 1. The lowest BCUT2D eigenvalue weighted by atomic mass is 10.1. The molecule has 0 amide bonds. The summed E-state index contributed by atoms with van der Waals surface area (Å²) in [7, 11) is 0. The van der Waals surface area contributed by atoms with Gasteiger partial charge in [0.25, 0.3) is 0 Å². The number of hydrogen-bond acceptors (Lipinski definition) is 2. The Balaban J connectivity index is 1.85. The number of nitrogens with two attached hydrogens (primary N) is 1. The molecule has 0 spiro atoms. The molecular weight excluding hydrogens is 203 g/mol. The molecule has 0 aliphatic heterocycles. The first-order chi connectivity index (χ1) is 7.79. The highest BCUT2D eigenvalue weighted by molar-refractivity contribution is 5.16. The Bertz CT molecular complexity index is 336. The molecule has 1 aromatic rings. The molecule has 1 fully saturated rings. The van der Waals surface area contributed by atoms with Crippen molar-refractivity contribution in [2.45, 2.75) is 25.3 Å². The zero-order valence-electron chi connectivity index (χ0n) is 9.53. The fourth-order valence-corrected chi connectivity index (χ4v) is 2.05. The second-order valence-electron chi connectivity index (χ2n) is 4.44. The van der Waals surface area contributed by atoms with Crippen molar-refractivity contribution in [3.63, 3.8) is 0 Å². The van der Waals surface area contributed by atoms with E-state index in [1.807, 2.05) is 6.07 Å². The van der Waals surface area contributed by atoms with Gasteiger partial charge < -0.3 is 5.73 Å². The number of hydrogen-bond donors (Lipinski definition) is 1. The third-order valence-corrected chi connectivity index (χ3v) is 3.06. The molecule has 0 saturated heterocycles. The van der Waals surface area contributed by atoms with Crippen molar-refractivity contribution < 1.29 is 4.39 Å². The molecule has 2 rings (SSSR count). The number of benzene rings is 1. The Morgan fingerprint density at radius 3 is 2.75 bits per heavy atom. The Morgan fingerprint density at radius 2 is 2.12 bits per heavy atom. The molecule has 0 unspecified atom stereocenters. The van der Waals surface area contributed by atoms with E-state index in [2.05, 4.69) is 4.90 Å². The van der Waals surface area contributed by atoms with Crippen LogP contribution in [0, 0.1) is 5.82 Å². The van der Waals surface area contributed by atoms with Gasteiger partial charge in [0.15, 0.2) is 0 Å². The molecule has 2 N–H and O–H groups in total. The van der Waals surface area contributed by atoms with Gasteiger partial charge in [-0.3, -0.25) is 4.90 Å². The van der Waals surface area contributed by atoms with Crippen LogP contribution in [0.1, 0.15) is 18.4 Å². The monoisotopic (exact) mass is 222 g/mol. The fraction of sp³-hybridized carbons (Fsp3) is 0.538. The molecule has 2 nitrogen and oxygen atoms in total. The van der Waals surface area contributed by atoms with Gasteiger partial charge in [0.2, 0.25) is 0 Å². The minimum Gasteiger partial charge on any atom is -0.329 e. The summed E-state index contributed by atoms with van der Waals surface area (Å²) < 4.78 is 13.0. The molecule has 0 bridgehead atoms. The van der Waals surface area contributed by atoms with Crippen molar-refractivity contribution in [2.24, 2.45) is 5.73 Å². The van der Waals surface area contributed by atoms with E-state index < -0.39 is 0 Å². The van der Waals surface area contributed by atoms with Crippen LogP contribution in [0.3, 0.4) is 0 Å². The summed E-state index contributed by atoms with van der Waals surface area (Å²) in [4.78, 5) is 2.42. The molecule has 1 aromatic carbocycles. The van der Waals surface area contributed by atoms with Gasteiger partial charge in [-0.05, 0) is 37.0 Å². The zero-order chi connectivity index (χ0) is 11.4. The van der Waals surface area contributed by atoms with Crippen molar-refractivity contribution in [3.05, 3.63) is 35.6 Å². The van der Waals surface area contributed by atoms with Crippen molar-refractivity contribution >= 4 is 0 Å². The first-order valence-electron chi connectivity index (χ1n) is 5.98. The number of nitrogens with zero attached hydrogens (tertiary/aromatic N) is 1. The third-order valence-electron chi connectivity index (χ3n) is 3.06. The lowest BCUT2D eigenvalue weighted by Gasteiger charge is -2.20. The van der Waals surface area contributed by atoms with Gasteiger partial charge in [-0.15, -0.1) is 0 Å². The lowest BCUT2D eigenvalue weighted by Crippen LogP contribution is -2.33. The maximum Gasteiger partial charge on any atom is 0.123 e. The van der Waals surface area contributed by atoms with E-state index in [1.165, 1.54) is 18.9 Å². The Morgan fingerprint density at radius 1 is 1.31 bits per heavy atom. The van der Waals surface area contributed by atoms with Crippen molar-refractivity contribution in [2.75, 3.05) is 19.6 Å². The van der Waals surface area contributed by atoms with E-state index in [0.29, 0.717) is 6.54 Å². The number of rotatable bonds is 6. The maximum atomic E-state index is 13.0. The maximum absolute atomic E-state index is 13.0. The van der Waals surface area contributed by atoms with Gasteiger partial charge in [0.05, 0.1) is 0 Å². The third kappa shape index (κ3) is 3.29. The summed E-state index contributed by atoms with van der Waals surface area (Å²) in [5.41, 5.74) is 6.66. The van der Waals surface area contributed by atoms with Gasteiger partial charge in [0, 0.05) is 25.7 Å². The zero-order valence-corrected chi connectivity index (χ0v) is 9.53.